The number of esters is 3. The summed E-state index contributed by atoms with van der Waals surface area (Å²) < 4.78 is 15.8. The molecule has 4 rings (SSSR count). The average Bonchev–Trinajstić information content (AvgIpc) is 3.06. The highest BCUT2D eigenvalue weighted by Gasteiger charge is 2.19. The molecule has 2 aliphatic carbocycles. The molecule has 0 aromatic heterocycles. The topological polar surface area (TPSA) is 116 Å². The molecule has 0 heterocycles. The number of aromatic hydroxyl groups is 1. The quantitative estimate of drug-likeness (QED) is 0.109. The summed E-state index contributed by atoms with van der Waals surface area (Å²) in [7, 11) is 0. The first kappa shape index (κ1) is 39.3. The van der Waals surface area contributed by atoms with Gasteiger partial charge in [0.05, 0.1) is 13.2 Å². The zero-order chi connectivity index (χ0) is 34.6. The van der Waals surface area contributed by atoms with Crippen LogP contribution in [0.25, 0.3) is 0 Å². The van der Waals surface area contributed by atoms with Crippen LogP contribution >= 0.6 is 11.6 Å². The van der Waals surface area contributed by atoms with Gasteiger partial charge < -0.3 is 19.3 Å². The summed E-state index contributed by atoms with van der Waals surface area (Å²) in [5, 5.41) is 9.07. The number of hydrogen-bond acceptors (Lipinski definition) is 8. The Bertz CT molecular complexity index is 1330. The van der Waals surface area contributed by atoms with Crippen LogP contribution in [0.2, 0.25) is 0 Å². The van der Waals surface area contributed by atoms with Gasteiger partial charge in [0.15, 0.2) is 0 Å². The minimum Gasteiger partial charge on any atom is -0.507 e. The Hall–Kier alpha value is -3.91. The highest BCUT2D eigenvalue weighted by Crippen LogP contribution is 2.28. The molecule has 47 heavy (non-hydrogen) atoms. The average molecular weight is 669 g/mol. The number of ether oxygens (including phenoxy) is 3. The van der Waals surface area contributed by atoms with Gasteiger partial charge in [-0.15, -0.1) is 0 Å². The predicted octanol–water partition coefficient (Wildman–Crippen LogP) is 9.14. The third-order valence-electron chi connectivity index (χ3n) is 8.09. The Morgan fingerprint density at radius 1 is 0.702 bits per heavy atom. The van der Waals surface area contributed by atoms with Gasteiger partial charge >= 0.3 is 17.9 Å². The van der Waals surface area contributed by atoms with Crippen molar-refractivity contribution >= 4 is 34.8 Å². The van der Waals surface area contributed by atoms with Crippen LogP contribution in [0.5, 0.6) is 11.5 Å². The van der Waals surface area contributed by atoms with Crippen LogP contribution in [-0.2, 0) is 19.1 Å². The van der Waals surface area contributed by atoms with Crippen molar-refractivity contribution in [1.82, 2.24) is 0 Å². The Labute approximate surface area is 284 Å². The number of para-hydroxylation sites is 2. The van der Waals surface area contributed by atoms with Crippen LogP contribution in [0, 0.1) is 11.8 Å². The Morgan fingerprint density at radius 2 is 1.13 bits per heavy atom. The van der Waals surface area contributed by atoms with E-state index in [-0.39, 0.29) is 28.2 Å². The monoisotopic (exact) mass is 668 g/mol. The summed E-state index contributed by atoms with van der Waals surface area (Å²) in [5.74, 6) is 0.134. The minimum absolute atomic E-state index is 0.0137. The molecule has 0 amide bonds. The lowest BCUT2D eigenvalue weighted by Gasteiger charge is -2.21. The summed E-state index contributed by atoms with van der Waals surface area (Å²) in [6.07, 6.45) is 14.6. The molecule has 0 bridgehead atoms. The molecule has 2 saturated carbocycles. The van der Waals surface area contributed by atoms with Gasteiger partial charge in [-0.05, 0) is 74.4 Å². The number of phenolic OH excluding ortho intramolecular Hbond substituents is 1. The van der Waals surface area contributed by atoms with E-state index >= 15 is 0 Å². The van der Waals surface area contributed by atoms with E-state index < -0.39 is 23.2 Å². The number of allylic oxidation sites excluding steroid dienone is 1. The number of carbonyl (C=O) groups is 4. The summed E-state index contributed by atoms with van der Waals surface area (Å²) in [5.41, 5.74) is 1.19. The second-order valence-corrected chi connectivity index (χ2v) is 12.4. The maximum Gasteiger partial charge on any atom is 0.341 e. The van der Waals surface area contributed by atoms with E-state index in [1.807, 2.05) is 0 Å². The maximum atomic E-state index is 12.2. The molecule has 0 spiro atoms. The van der Waals surface area contributed by atoms with Crippen molar-refractivity contribution in [3.8, 4) is 11.5 Å². The molecule has 0 unspecified atom stereocenters. The van der Waals surface area contributed by atoms with Crippen molar-refractivity contribution < 1.29 is 38.5 Å². The van der Waals surface area contributed by atoms with E-state index in [0.717, 1.165) is 12.8 Å². The van der Waals surface area contributed by atoms with E-state index in [0.29, 0.717) is 30.6 Å². The largest absolute Gasteiger partial charge is 0.507 e. The molecule has 2 aromatic rings. The van der Waals surface area contributed by atoms with Gasteiger partial charge in [0.1, 0.15) is 22.6 Å². The van der Waals surface area contributed by atoms with Gasteiger partial charge in [-0.1, -0.05) is 102 Å². The number of carbonyl (C=O) groups excluding carboxylic acids is 4. The molecule has 1 N–H and O–H groups in total. The number of halogens is 1. The standard InChI is InChI=1S/C19H24O4.C15H20O3.C4H5ClO/c1-14(2)18(20)23-17-11-7-6-10-16(17)19(21)22-13-12-15-8-4-3-5-9-15;16-14-9-5-4-8-13(14)15(17)18-11-10-12-6-2-1-3-7-12;1-3(2)4(5)6/h6-7,10-11,15H,1,3-5,8-9,12-13H2,2H3;4-5,8-9,12,16H,1-3,6-7,10-11H2;1H2,2H3. The van der Waals surface area contributed by atoms with E-state index in [1.165, 1.54) is 70.3 Å². The summed E-state index contributed by atoms with van der Waals surface area (Å²) in [6, 6.07) is 13.1. The molecule has 2 aliphatic rings. The van der Waals surface area contributed by atoms with Crippen molar-refractivity contribution in [3.05, 3.63) is 84.0 Å². The summed E-state index contributed by atoms with van der Waals surface area (Å²) in [6.45, 7) is 10.8. The van der Waals surface area contributed by atoms with Gasteiger partial charge in [-0.2, -0.15) is 0 Å². The van der Waals surface area contributed by atoms with Crippen LogP contribution in [0.3, 0.4) is 0 Å². The van der Waals surface area contributed by atoms with E-state index in [1.54, 1.807) is 56.3 Å². The molecular formula is C38H49ClO8. The van der Waals surface area contributed by atoms with Crippen molar-refractivity contribution in [2.24, 2.45) is 11.8 Å². The fourth-order valence-corrected chi connectivity index (χ4v) is 5.30. The fourth-order valence-electron chi connectivity index (χ4n) is 5.30. The third-order valence-corrected chi connectivity index (χ3v) is 8.41. The lowest BCUT2D eigenvalue weighted by molar-refractivity contribution is -0.130. The number of hydrogen-bond donors (Lipinski definition) is 1. The molecule has 0 aliphatic heterocycles. The SMILES string of the molecule is C=C(C)C(=O)Cl.C=C(C)C(=O)Oc1ccccc1C(=O)OCCC1CCCCC1.O=C(OCCC1CCCCC1)c1ccccc1O. The highest BCUT2D eigenvalue weighted by atomic mass is 35.5. The molecule has 2 aromatic carbocycles. The van der Waals surface area contributed by atoms with Gasteiger partial charge in [-0.25, -0.2) is 14.4 Å². The fraction of sp³-hybridized carbons (Fsp3) is 0.474. The number of benzene rings is 2. The molecule has 0 saturated heterocycles. The third kappa shape index (κ3) is 15.5. The Kier molecular flexibility index (Phi) is 18.2. The van der Waals surface area contributed by atoms with Gasteiger partial charge in [-0.3, -0.25) is 4.79 Å². The van der Waals surface area contributed by atoms with E-state index in [4.69, 9.17) is 25.8 Å². The maximum absolute atomic E-state index is 12.2. The number of phenols is 1. The number of rotatable bonds is 11. The lowest BCUT2D eigenvalue weighted by atomic mass is 9.87. The summed E-state index contributed by atoms with van der Waals surface area (Å²) in [4.78, 5) is 45.4. The minimum atomic E-state index is -0.549. The molecule has 0 radical (unpaired) electrons. The molecule has 2 fully saturated rings. The zero-order valence-corrected chi connectivity index (χ0v) is 28.5. The van der Waals surface area contributed by atoms with Crippen LogP contribution < -0.4 is 4.74 Å². The first-order valence-electron chi connectivity index (χ1n) is 16.4. The van der Waals surface area contributed by atoms with Crippen LogP contribution in [-0.4, -0.2) is 41.5 Å². The molecule has 8 nitrogen and oxygen atoms in total. The first-order valence-corrected chi connectivity index (χ1v) is 16.8. The van der Waals surface area contributed by atoms with Crippen molar-refractivity contribution in [2.75, 3.05) is 13.2 Å². The smallest absolute Gasteiger partial charge is 0.341 e. The molecule has 0 atom stereocenters. The van der Waals surface area contributed by atoms with E-state index in [9.17, 15) is 24.3 Å². The van der Waals surface area contributed by atoms with Crippen molar-refractivity contribution in [1.29, 1.82) is 0 Å². The second-order valence-electron chi connectivity index (χ2n) is 12.1. The van der Waals surface area contributed by atoms with Crippen molar-refractivity contribution in [2.45, 2.75) is 90.9 Å². The zero-order valence-electron chi connectivity index (χ0n) is 27.8. The Balaban J connectivity index is 0.000000284. The first-order chi connectivity index (χ1) is 22.5. The lowest BCUT2D eigenvalue weighted by Crippen LogP contribution is -2.15. The van der Waals surface area contributed by atoms with E-state index in [2.05, 4.69) is 13.2 Å². The summed E-state index contributed by atoms with van der Waals surface area (Å²) >= 11 is 4.87. The van der Waals surface area contributed by atoms with Crippen LogP contribution in [0.1, 0.15) is 112 Å². The molecular weight excluding hydrogens is 620 g/mol. The van der Waals surface area contributed by atoms with Crippen LogP contribution in [0.4, 0.5) is 0 Å². The van der Waals surface area contributed by atoms with Crippen molar-refractivity contribution in [3.63, 3.8) is 0 Å². The van der Waals surface area contributed by atoms with Crippen LogP contribution in [0.15, 0.2) is 72.8 Å². The normalized spacial score (nSPS) is 14.6. The molecule has 256 valence electrons. The molecule has 9 heteroatoms. The van der Waals surface area contributed by atoms with Gasteiger partial charge in [0, 0.05) is 11.1 Å². The Morgan fingerprint density at radius 3 is 1.57 bits per heavy atom. The predicted molar refractivity (Wildman–Crippen MR) is 184 cm³/mol. The second kappa shape index (κ2) is 21.8. The van der Waals surface area contributed by atoms with Gasteiger partial charge in [0.2, 0.25) is 5.24 Å². The van der Waals surface area contributed by atoms with Gasteiger partial charge in [0.25, 0.3) is 0 Å². The highest BCUT2D eigenvalue weighted by molar-refractivity contribution is 6.67.